The van der Waals surface area contributed by atoms with Crippen molar-refractivity contribution in [3.8, 4) is 0 Å². The van der Waals surface area contributed by atoms with E-state index in [4.69, 9.17) is 10.5 Å². The van der Waals surface area contributed by atoms with Gasteiger partial charge >= 0.3 is 5.97 Å². The first-order valence-corrected chi connectivity index (χ1v) is 7.38. The van der Waals surface area contributed by atoms with Crippen LogP contribution in [0.25, 0.3) is 0 Å². The van der Waals surface area contributed by atoms with E-state index >= 15 is 0 Å². The van der Waals surface area contributed by atoms with E-state index in [2.05, 4.69) is 0 Å². The lowest BCUT2D eigenvalue weighted by atomic mass is 10.3. The summed E-state index contributed by atoms with van der Waals surface area (Å²) in [7, 11) is 0. The molecular weight excluding hydrogens is 270 g/mol. The zero-order valence-electron chi connectivity index (χ0n) is 12.8. The number of rotatable bonds is 6. The molecule has 2 rings (SSSR count). The third-order valence-corrected chi connectivity index (χ3v) is 3.61. The molecule has 0 unspecified atom stereocenters. The summed E-state index contributed by atoms with van der Waals surface area (Å²) in [5, 5.41) is 0. The van der Waals surface area contributed by atoms with E-state index in [-0.39, 0.29) is 18.6 Å². The number of hydrogen-bond donors (Lipinski definition) is 1. The lowest BCUT2D eigenvalue weighted by molar-refractivity contribution is -0.134. The lowest BCUT2D eigenvalue weighted by Crippen LogP contribution is -2.36. The van der Waals surface area contributed by atoms with Crippen molar-refractivity contribution in [1.29, 1.82) is 0 Å². The third-order valence-electron chi connectivity index (χ3n) is 3.61. The van der Waals surface area contributed by atoms with Crippen LogP contribution in [0.1, 0.15) is 50.1 Å². The second-order valence-electron chi connectivity index (χ2n) is 5.65. The second kappa shape index (κ2) is 6.20. The van der Waals surface area contributed by atoms with Crippen molar-refractivity contribution in [2.24, 2.45) is 0 Å². The summed E-state index contributed by atoms with van der Waals surface area (Å²) >= 11 is 0. The van der Waals surface area contributed by atoms with Gasteiger partial charge in [0.1, 0.15) is 5.69 Å². The van der Waals surface area contributed by atoms with E-state index in [0.717, 1.165) is 12.8 Å². The van der Waals surface area contributed by atoms with Crippen LogP contribution < -0.4 is 5.73 Å². The second-order valence-corrected chi connectivity index (χ2v) is 5.65. The number of esters is 1. The summed E-state index contributed by atoms with van der Waals surface area (Å²) < 4.78 is 6.90. The molecule has 1 aliphatic rings. The molecule has 116 valence electrons. The first-order chi connectivity index (χ1) is 9.93. The molecule has 2 N–H and O–H groups in total. The van der Waals surface area contributed by atoms with Crippen molar-refractivity contribution in [3.63, 3.8) is 0 Å². The largest absolute Gasteiger partial charge is 0.451 e. The highest BCUT2D eigenvalue weighted by Gasteiger charge is 2.31. The van der Waals surface area contributed by atoms with Gasteiger partial charge in [0.15, 0.2) is 6.61 Å². The van der Waals surface area contributed by atoms with Gasteiger partial charge in [-0.15, -0.1) is 0 Å². The Morgan fingerprint density at radius 2 is 2.14 bits per heavy atom. The molecule has 6 nitrogen and oxygen atoms in total. The molecule has 1 saturated carbocycles. The van der Waals surface area contributed by atoms with Gasteiger partial charge in [0.25, 0.3) is 5.91 Å². The molecule has 0 radical (unpaired) electrons. The zero-order valence-corrected chi connectivity index (χ0v) is 12.8. The number of likely N-dealkylation sites (N-methyl/N-ethyl adjacent to an activating group) is 1. The Bertz CT molecular complexity index is 532. The van der Waals surface area contributed by atoms with Crippen LogP contribution in [0.5, 0.6) is 0 Å². The van der Waals surface area contributed by atoms with Crippen LogP contribution in [-0.2, 0) is 9.53 Å². The fourth-order valence-corrected chi connectivity index (χ4v) is 2.40. The Morgan fingerprint density at radius 3 is 2.67 bits per heavy atom. The van der Waals surface area contributed by atoms with Crippen LogP contribution in [-0.4, -0.2) is 40.5 Å². The van der Waals surface area contributed by atoms with E-state index in [1.54, 1.807) is 21.7 Å². The summed E-state index contributed by atoms with van der Waals surface area (Å²) in [6.45, 7) is 6.27. The lowest BCUT2D eigenvalue weighted by Gasteiger charge is -2.20. The highest BCUT2D eigenvalue weighted by atomic mass is 16.5. The maximum Gasteiger partial charge on any atom is 0.355 e. The van der Waals surface area contributed by atoms with E-state index < -0.39 is 5.97 Å². The van der Waals surface area contributed by atoms with Crippen LogP contribution in [0.3, 0.4) is 0 Å². The number of ether oxygens (including phenoxy) is 1. The quantitative estimate of drug-likeness (QED) is 0.812. The minimum atomic E-state index is -0.513. The fraction of sp³-hybridized carbons (Fsp3) is 0.600. The van der Waals surface area contributed by atoms with Crippen LogP contribution in [0.2, 0.25) is 0 Å². The van der Waals surface area contributed by atoms with Gasteiger partial charge in [0.05, 0.1) is 5.69 Å². The number of nitrogens with zero attached hydrogens (tertiary/aromatic N) is 2. The van der Waals surface area contributed by atoms with Gasteiger partial charge in [0.2, 0.25) is 0 Å². The topological polar surface area (TPSA) is 77.6 Å². The molecule has 6 heteroatoms. The summed E-state index contributed by atoms with van der Waals surface area (Å²) in [4.78, 5) is 25.9. The normalized spacial score (nSPS) is 14.3. The predicted molar refractivity (Wildman–Crippen MR) is 79.9 cm³/mol. The minimum absolute atomic E-state index is 0.0964. The van der Waals surface area contributed by atoms with Gasteiger partial charge in [-0.05, 0) is 39.7 Å². The molecule has 0 atom stereocenters. The molecule has 1 heterocycles. The molecule has 1 amide bonds. The SMILES string of the molecule is CCN(C(=O)COC(=O)c1cc(N)cn1C(C)C)C1CC1. The van der Waals surface area contributed by atoms with E-state index in [0.29, 0.717) is 24.0 Å². The Kier molecular flexibility index (Phi) is 4.55. The van der Waals surface area contributed by atoms with Crippen molar-refractivity contribution in [3.05, 3.63) is 18.0 Å². The molecule has 0 saturated heterocycles. The van der Waals surface area contributed by atoms with E-state index in [1.807, 2.05) is 20.8 Å². The van der Waals surface area contributed by atoms with Gasteiger partial charge < -0.3 is 19.9 Å². The number of nitrogen functional groups attached to an aromatic ring is 1. The average Bonchev–Trinajstić information content (AvgIpc) is 3.18. The zero-order chi connectivity index (χ0) is 15.6. The highest BCUT2D eigenvalue weighted by molar-refractivity contribution is 5.91. The monoisotopic (exact) mass is 293 g/mol. The van der Waals surface area contributed by atoms with Gasteiger partial charge in [-0.1, -0.05) is 0 Å². The molecule has 0 aliphatic heterocycles. The predicted octanol–water partition coefficient (Wildman–Crippen LogP) is 1.82. The number of carbonyl (C=O) groups excluding carboxylic acids is 2. The number of nitrogens with two attached hydrogens (primary N) is 1. The minimum Gasteiger partial charge on any atom is -0.451 e. The molecule has 0 aromatic carbocycles. The summed E-state index contributed by atoms with van der Waals surface area (Å²) in [6.07, 6.45) is 3.78. The maximum atomic E-state index is 12.1. The Labute approximate surface area is 124 Å². The number of aromatic nitrogens is 1. The first kappa shape index (κ1) is 15.4. The van der Waals surface area contributed by atoms with Crippen molar-refractivity contribution >= 4 is 17.6 Å². The average molecular weight is 293 g/mol. The molecule has 0 spiro atoms. The third kappa shape index (κ3) is 3.56. The Hall–Kier alpha value is -1.98. The van der Waals surface area contributed by atoms with Crippen molar-refractivity contribution in [1.82, 2.24) is 9.47 Å². The van der Waals surface area contributed by atoms with Crippen LogP contribution in [0, 0.1) is 0 Å². The molecule has 1 fully saturated rings. The summed E-state index contributed by atoms with van der Waals surface area (Å²) in [5.74, 6) is -0.649. The van der Waals surface area contributed by atoms with Gasteiger partial charge in [0, 0.05) is 24.8 Å². The summed E-state index contributed by atoms with van der Waals surface area (Å²) in [5.41, 5.74) is 6.61. The van der Waals surface area contributed by atoms with Gasteiger partial charge in [-0.2, -0.15) is 0 Å². The smallest absolute Gasteiger partial charge is 0.355 e. The van der Waals surface area contributed by atoms with E-state index in [1.165, 1.54) is 0 Å². The molecule has 1 aliphatic carbocycles. The van der Waals surface area contributed by atoms with Crippen molar-refractivity contribution < 1.29 is 14.3 Å². The Balaban J connectivity index is 1.97. The van der Waals surface area contributed by atoms with E-state index in [9.17, 15) is 9.59 Å². The first-order valence-electron chi connectivity index (χ1n) is 7.38. The molecule has 0 bridgehead atoms. The Morgan fingerprint density at radius 1 is 1.48 bits per heavy atom. The van der Waals surface area contributed by atoms with Crippen LogP contribution >= 0.6 is 0 Å². The number of amides is 1. The molecular formula is C15H23N3O3. The van der Waals surface area contributed by atoms with Gasteiger partial charge in [-0.25, -0.2) is 4.79 Å². The molecule has 1 aromatic heterocycles. The van der Waals surface area contributed by atoms with Crippen LogP contribution in [0.4, 0.5) is 5.69 Å². The number of hydrogen-bond acceptors (Lipinski definition) is 4. The maximum absolute atomic E-state index is 12.1. The van der Waals surface area contributed by atoms with Crippen molar-refractivity contribution in [2.45, 2.75) is 45.7 Å². The summed E-state index contributed by atoms with van der Waals surface area (Å²) in [6, 6.07) is 2.00. The van der Waals surface area contributed by atoms with Gasteiger partial charge in [-0.3, -0.25) is 4.79 Å². The number of anilines is 1. The molecule has 1 aromatic rings. The molecule has 21 heavy (non-hydrogen) atoms. The number of carbonyl (C=O) groups is 2. The standard InChI is InChI=1S/C15H23N3O3/c1-4-17(12-5-6-12)14(19)9-21-15(20)13-7-11(16)8-18(13)10(2)3/h7-8,10,12H,4-6,9,16H2,1-3H3. The van der Waals surface area contributed by atoms with Crippen LogP contribution in [0.15, 0.2) is 12.3 Å². The highest BCUT2D eigenvalue weighted by Crippen LogP contribution is 2.26. The fourth-order valence-electron chi connectivity index (χ4n) is 2.40. The van der Waals surface area contributed by atoms with Crippen molar-refractivity contribution in [2.75, 3.05) is 18.9 Å².